The van der Waals surface area contributed by atoms with Gasteiger partial charge < -0.3 is 43.4 Å². The van der Waals surface area contributed by atoms with Crippen molar-refractivity contribution in [1.82, 2.24) is 28.7 Å². The van der Waals surface area contributed by atoms with E-state index in [1.165, 1.54) is 0 Å². The first-order valence-electron chi connectivity index (χ1n) is 9.99. The van der Waals surface area contributed by atoms with Crippen LogP contribution < -0.4 is 103 Å². The van der Waals surface area contributed by atoms with Gasteiger partial charge in [-0.25, -0.2) is 19.9 Å². The van der Waals surface area contributed by atoms with Gasteiger partial charge in [0.1, 0.15) is 51.5 Å². The number of anilines is 1. The Morgan fingerprint density at radius 3 is 1.48 bits per heavy atom. The van der Waals surface area contributed by atoms with Crippen LogP contribution in [-0.4, -0.2) is 55.6 Å². The van der Waals surface area contributed by atoms with Gasteiger partial charge >= 0.3 is 91.5 Å². The summed E-state index contributed by atoms with van der Waals surface area (Å²) in [7, 11) is 0. The summed E-state index contributed by atoms with van der Waals surface area (Å²) in [5.41, 5.74) is 9.36. The van der Waals surface area contributed by atoms with Crippen molar-refractivity contribution in [3.05, 3.63) is 53.0 Å². The fourth-order valence-corrected chi connectivity index (χ4v) is 3.05. The van der Waals surface area contributed by atoms with E-state index in [2.05, 4.69) is 38.6 Å². The van der Waals surface area contributed by atoms with Gasteiger partial charge in [0, 0.05) is 38.0 Å². The van der Waals surface area contributed by atoms with E-state index in [1.807, 2.05) is 48.9 Å². The summed E-state index contributed by atoms with van der Waals surface area (Å²) in [6.45, 7) is 11.6. The molecule has 11 nitrogen and oxygen atoms in total. The van der Waals surface area contributed by atoms with E-state index in [-0.39, 0.29) is 128 Å². The average Bonchev–Trinajstić information content (AvgIpc) is 3.28. The third-order valence-electron chi connectivity index (χ3n) is 3.79. The second-order valence-electron chi connectivity index (χ2n) is 6.17. The fourth-order valence-electron chi connectivity index (χ4n) is 2.76. The van der Waals surface area contributed by atoms with Gasteiger partial charge in [0.2, 0.25) is 0 Å². The van der Waals surface area contributed by atoms with Crippen molar-refractivity contribution in [2.45, 2.75) is 63.8 Å². The molecular weight excluding hydrogens is 1020 g/mol. The topological polar surface area (TPSA) is 173 Å². The molecule has 0 bridgehead atoms. The summed E-state index contributed by atoms with van der Waals surface area (Å²) >= 11 is 9.29. The maximum absolute atomic E-state index is 7.57. The first kappa shape index (κ1) is 57.4. The predicted octanol–water partition coefficient (Wildman–Crippen LogP) is -3.53. The number of nitrogen functional groups attached to an aromatic ring is 1. The van der Waals surface area contributed by atoms with Crippen LogP contribution in [0.5, 0.6) is 0 Å². The summed E-state index contributed by atoms with van der Waals surface area (Å²) < 4.78 is 15.8. The van der Waals surface area contributed by atoms with Crippen LogP contribution in [0.1, 0.15) is 59.2 Å². The van der Waals surface area contributed by atoms with Gasteiger partial charge in [0.15, 0.2) is 5.15 Å². The van der Waals surface area contributed by atoms with Gasteiger partial charge in [-0.2, -0.15) is 0 Å². The summed E-state index contributed by atoms with van der Waals surface area (Å²) in [4.78, 5) is 16.6. The number of hydrogen-bond donors (Lipinski definition) is 5. The van der Waals surface area contributed by atoms with Crippen molar-refractivity contribution >= 4 is 70.1 Å². The van der Waals surface area contributed by atoms with Crippen LogP contribution in [0.2, 0.25) is 5.15 Å². The zero-order valence-electron chi connectivity index (χ0n) is 21.8. The zero-order valence-corrected chi connectivity index (χ0v) is 34.3. The molecule has 232 valence electrons. The van der Waals surface area contributed by atoms with Crippen molar-refractivity contribution in [3.8, 4) is 0 Å². The molecule has 0 aromatic carbocycles. The minimum Gasteiger partial charge on any atom is -1.00 e. The molecule has 4 aromatic heterocycles. The number of aliphatic hydroxyl groups is 2. The molecule has 17 heteroatoms. The Balaban J connectivity index is -0.0000000737. The van der Waals surface area contributed by atoms with Crippen LogP contribution >= 0.6 is 53.2 Å². The summed E-state index contributed by atoms with van der Waals surface area (Å²) in [6, 6.07) is 0. The van der Waals surface area contributed by atoms with Gasteiger partial charge in [0.05, 0.1) is 11.4 Å². The number of aromatic nitrogens is 6. The van der Waals surface area contributed by atoms with E-state index in [0.29, 0.717) is 11.0 Å². The molecule has 4 heterocycles. The number of fused-ring (bicyclic) bond motifs is 2. The van der Waals surface area contributed by atoms with Crippen LogP contribution in [0.3, 0.4) is 0 Å². The monoisotopic (exact) mass is 1060 g/mol. The summed E-state index contributed by atoms with van der Waals surface area (Å²) in [5, 5.41) is 15.6. The number of aliphatic hydroxyl groups excluding tert-OH is 2. The molecule has 0 unspecified atom stereocenters. The Kier molecular flexibility index (Phi) is 50.5. The number of nitrogens with zero attached hydrogens (tertiary/aromatic N) is 6. The number of nitrogens with two attached hydrogens (primary N) is 2. The van der Waals surface area contributed by atoms with E-state index in [1.54, 1.807) is 26.2 Å². The van der Waals surface area contributed by atoms with E-state index in [9.17, 15) is 0 Å². The molecule has 4 aromatic rings. The summed E-state index contributed by atoms with van der Waals surface area (Å²) in [5.74, 6) is 2.42. The van der Waals surface area contributed by atoms with Crippen molar-refractivity contribution in [1.29, 1.82) is 0 Å². The largest absolute Gasteiger partial charge is 1.00 e. The molecule has 0 saturated carbocycles. The van der Waals surface area contributed by atoms with Crippen molar-refractivity contribution in [2.75, 3.05) is 18.9 Å². The fraction of sp³-hybridized carbons (Fsp3) is 0.478. The average molecular weight is 1060 g/mol. The molecule has 0 aliphatic heterocycles. The van der Waals surface area contributed by atoms with Crippen molar-refractivity contribution < 1.29 is 107 Å². The molecule has 7 N–H and O–H groups in total. The van der Waals surface area contributed by atoms with E-state index < -0.39 is 0 Å². The molecule has 0 amide bonds. The number of hydrogen-bond acceptors (Lipinski definition) is 9. The quantitative estimate of drug-likeness (QED) is 0.0681. The second kappa shape index (κ2) is 35.2. The molecule has 0 radical (unpaired) electrons. The molecule has 4 rings (SSSR count). The van der Waals surface area contributed by atoms with Crippen LogP contribution in [0.4, 0.5) is 5.82 Å². The van der Waals surface area contributed by atoms with Crippen LogP contribution in [-0.2, 0) is 0 Å². The molecule has 0 fully saturated rings. The Hall–Kier alpha value is 1.73. The minimum atomic E-state index is 0. The number of halogens is 5. The molecule has 0 spiro atoms. The van der Waals surface area contributed by atoms with Crippen LogP contribution in [0.25, 0.3) is 11.0 Å². The normalized spacial score (nSPS) is 8.12. The van der Waals surface area contributed by atoms with E-state index >= 15 is 0 Å². The molecule has 0 aliphatic carbocycles. The Bertz CT molecular complexity index is 1040. The first-order valence-corrected chi connectivity index (χ1v) is 18.9. The van der Waals surface area contributed by atoms with E-state index in [0.717, 1.165) is 57.1 Å². The molecular formula is C23H45ClI4KN8O3-. The molecule has 0 atom stereocenters. The van der Waals surface area contributed by atoms with Crippen molar-refractivity contribution in [2.24, 2.45) is 3.95 Å². The maximum Gasteiger partial charge on any atom is 1.00 e. The van der Waals surface area contributed by atoms with Gasteiger partial charge in [0.25, 0.3) is 0 Å². The van der Waals surface area contributed by atoms with Crippen LogP contribution in [0, 0.1) is 27.7 Å². The standard InChI is InChI=1S/C8H8ClN3.C8H10N4.2C2H6O.3CH4.H2I2N.HIO.HI.K/c2*1-5-7-8(9)10-3-4-12(7)6(2)11-5;2*1-2-3;;;;1-2-3;1-2;;/h3-4H,1-2H3;3-4H,1-2H3,(H2,9,10);2*3H,2H2,1H3;3*1H4;3H2;2H;1H;/q;;;;;;;-1;;;+1/p-1. The number of aryl methyl sites for hydroxylation is 4. The maximum atomic E-state index is 7.57. The third kappa shape index (κ3) is 20.6. The molecule has 40 heavy (non-hydrogen) atoms. The van der Waals surface area contributed by atoms with E-state index in [4.69, 9.17) is 34.9 Å². The van der Waals surface area contributed by atoms with Gasteiger partial charge in [-0.1, -0.05) is 33.9 Å². The SMILES string of the molecule is C.C.C.CCO.CCO.Cc1nc(C)n2ccnc(Cl)c12.Cc1nc(C)n2ccnc(N)c12.N[I-]I.OI.[I-].[K+]. The Morgan fingerprint density at radius 1 is 0.850 bits per heavy atom. The van der Waals surface area contributed by atoms with Gasteiger partial charge in [-0.15, -0.1) is 0 Å². The molecule has 0 saturated heterocycles. The predicted molar refractivity (Wildman–Crippen MR) is 175 cm³/mol. The van der Waals surface area contributed by atoms with Crippen molar-refractivity contribution in [3.63, 3.8) is 0 Å². The number of imidazole rings is 2. The zero-order chi connectivity index (χ0) is 27.6. The second-order valence-corrected chi connectivity index (χ2v) is 10.2. The number of rotatable bonds is 0. The van der Waals surface area contributed by atoms with Gasteiger partial charge in [-0.05, 0) is 41.5 Å². The first-order chi connectivity index (χ1) is 16.6. The minimum absolute atomic E-state index is 0. The Labute approximate surface area is 339 Å². The Morgan fingerprint density at radius 2 is 1.15 bits per heavy atom. The molecule has 0 aliphatic rings. The smallest absolute Gasteiger partial charge is 1.00 e. The third-order valence-corrected chi connectivity index (χ3v) is 4.07. The van der Waals surface area contributed by atoms with Crippen LogP contribution in [0.15, 0.2) is 24.8 Å². The van der Waals surface area contributed by atoms with Gasteiger partial charge in [-0.3, -0.25) is 8.80 Å². The summed E-state index contributed by atoms with van der Waals surface area (Å²) in [6.07, 6.45) is 7.07.